The van der Waals surface area contributed by atoms with Gasteiger partial charge in [0.25, 0.3) is 5.91 Å². The summed E-state index contributed by atoms with van der Waals surface area (Å²) in [7, 11) is 0. The third kappa shape index (κ3) is 6.10. The highest BCUT2D eigenvalue weighted by Crippen LogP contribution is 2.16. The molecule has 1 N–H and O–H groups in total. The first-order valence-corrected chi connectivity index (χ1v) is 8.39. The number of aromatic nitrogens is 1. The lowest BCUT2D eigenvalue weighted by molar-refractivity contribution is -0.146. The van der Waals surface area contributed by atoms with E-state index in [-0.39, 0.29) is 31.7 Å². The van der Waals surface area contributed by atoms with E-state index < -0.39 is 23.9 Å². The Bertz CT molecular complexity index is 534. The zero-order valence-electron chi connectivity index (χ0n) is 12.3. The summed E-state index contributed by atoms with van der Waals surface area (Å²) >= 11 is 4.42. The van der Waals surface area contributed by atoms with Gasteiger partial charge in [-0.25, -0.2) is 9.78 Å². The van der Waals surface area contributed by atoms with Crippen LogP contribution in [0.2, 0.25) is 0 Å². The van der Waals surface area contributed by atoms with Gasteiger partial charge in [-0.05, 0) is 36.2 Å². The summed E-state index contributed by atoms with van der Waals surface area (Å²) in [4.78, 5) is 39.3. The minimum absolute atomic E-state index is 0.0123. The normalized spacial score (nSPS) is 11.6. The van der Waals surface area contributed by atoms with E-state index >= 15 is 0 Å². The quantitative estimate of drug-likeness (QED) is 0.678. The zero-order valence-corrected chi connectivity index (χ0v) is 14.7. The van der Waals surface area contributed by atoms with E-state index in [9.17, 15) is 14.4 Å². The van der Waals surface area contributed by atoms with E-state index in [1.807, 2.05) is 0 Å². The van der Waals surface area contributed by atoms with Gasteiger partial charge in [-0.1, -0.05) is 0 Å². The number of hydrogen-bond donors (Lipinski definition) is 1. The largest absolute Gasteiger partial charge is 0.466 e. The van der Waals surface area contributed by atoms with E-state index in [4.69, 9.17) is 9.47 Å². The van der Waals surface area contributed by atoms with Crippen LogP contribution < -0.4 is 5.32 Å². The molecule has 1 rings (SSSR count). The molecular formula is C13H17BrN2O5S. The number of ether oxygens (including phenoxy) is 2. The molecular weight excluding hydrogens is 376 g/mol. The standard InChI is InChI=1S/C13H17BrN2O5S/c1-3-20-10(17)6-5-8(12(19)21-4-2)15-11(18)9-7-22-13(14)16-9/h7-8H,3-6H2,1-2H3,(H,15,18)/t8-/m1/s1. The Balaban J connectivity index is 2.66. The second-order valence-electron chi connectivity index (χ2n) is 4.11. The Morgan fingerprint density at radius 1 is 1.32 bits per heavy atom. The summed E-state index contributed by atoms with van der Waals surface area (Å²) in [6.45, 7) is 3.82. The average Bonchev–Trinajstić information content (AvgIpc) is 2.90. The summed E-state index contributed by atoms with van der Waals surface area (Å²) in [6, 6.07) is -0.919. The predicted molar refractivity (Wildman–Crippen MR) is 83.6 cm³/mol. The Labute approximate surface area is 140 Å². The molecule has 0 unspecified atom stereocenters. The van der Waals surface area contributed by atoms with Gasteiger partial charge in [-0.2, -0.15) is 0 Å². The number of rotatable bonds is 8. The molecule has 0 saturated heterocycles. The van der Waals surface area contributed by atoms with Crippen LogP contribution in [0, 0.1) is 0 Å². The lowest BCUT2D eigenvalue weighted by Crippen LogP contribution is -2.42. The maximum absolute atomic E-state index is 12.0. The Hall–Kier alpha value is -1.48. The van der Waals surface area contributed by atoms with E-state index in [2.05, 4.69) is 26.2 Å². The van der Waals surface area contributed by atoms with Gasteiger partial charge >= 0.3 is 11.9 Å². The molecule has 0 spiro atoms. The van der Waals surface area contributed by atoms with Gasteiger partial charge < -0.3 is 14.8 Å². The molecule has 22 heavy (non-hydrogen) atoms. The molecule has 1 heterocycles. The van der Waals surface area contributed by atoms with Crippen LogP contribution in [0.4, 0.5) is 0 Å². The summed E-state index contributed by atoms with van der Waals surface area (Å²) in [6.07, 6.45) is 0.118. The molecule has 0 fully saturated rings. The number of hydrogen-bond acceptors (Lipinski definition) is 7. The van der Waals surface area contributed by atoms with Crippen LogP contribution in [0.1, 0.15) is 37.2 Å². The Kier molecular flexibility index (Phi) is 8.03. The topological polar surface area (TPSA) is 94.6 Å². The maximum Gasteiger partial charge on any atom is 0.328 e. The van der Waals surface area contributed by atoms with Crippen LogP contribution in [0.25, 0.3) is 0 Å². The summed E-state index contributed by atoms with van der Waals surface area (Å²) in [5.74, 6) is -1.51. The van der Waals surface area contributed by atoms with Crippen molar-refractivity contribution in [3.8, 4) is 0 Å². The molecule has 1 amide bonds. The Morgan fingerprint density at radius 2 is 2.00 bits per heavy atom. The number of carbonyl (C=O) groups is 3. The van der Waals surface area contributed by atoms with Gasteiger partial charge in [-0.3, -0.25) is 9.59 Å². The van der Waals surface area contributed by atoms with Crippen LogP contribution in [0.15, 0.2) is 9.30 Å². The van der Waals surface area contributed by atoms with Crippen molar-refractivity contribution in [1.29, 1.82) is 0 Å². The van der Waals surface area contributed by atoms with E-state index in [1.54, 1.807) is 19.2 Å². The van der Waals surface area contributed by atoms with Gasteiger partial charge in [0, 0.05) is 11.8 Å². The van der Waals surface area contributed by atoms with Gasteiger partial charge in [0.15, 0.2) is 3.92 Å². The first kappa shape index (κ1) is 18.6. The molecule has 0 bridgehead atoms. The van der Waals surface area contributed by atoms with E-state index in [0.29, 0.717) is 3.92 Å². The van der Waals surface area contributed by atoms with E-state index in [0.717, 1.165) is 0 Å². The minimum atomic E-state index is -0.919. The minimum Gasteiger partial charge on any atom is -0.466 e. The van der Waals surface area contributed by atoms with Crippen LogP contribution in [0.3, 0.4) is 0 Å². The second-order valence-corrected chi connectivity index (χ2v) is 6.24. The van der Waals surface area contributed by atoms with Crippen molar-refractivity contribution in [3.05, 3.63) is 15.0 Å². The fraction of sp³-hybridized carbons (Fsp3) is 0.538. The van der Waals surface area contributed by atoms with Crippen molar-refractivity contribution in [2.45, 2.75) is 32.7 Å². The molecule has 0 aliphatic rings. The molecule has 0 aliphatic carbocycles. The number of carbonyl (C=O) groups excluding carboxylic acids is 3. The number of nitrogens with one attached hydrogen (secondary N) is 1. The number of halogens is 1. The molecule has 9 heteroatoms. The van der Waals surface area contributed by atoms with Crippen LogP contribution in [0.5, 0.6) is 0 Å². The molecule has 1 aromatic rings. The number of esters is 2. The highest BCUT2D eigenvalue weighted by atomic mass is 79.9. The summed E-state index contributed by atoms with van der Waals surface area (Å²) in [5, 5.41) is 4.09. The molecule has 0 saturated carbocycles. The van der Waals surface area contributed by atoms with Gasteiger partial charge in [0.2, 0.25) is 0 Å². The van der Waals surface area contributed by atoms with E-state index in [1.165, 1.54) is 11.3 Å². The Morgan fingerprint density at radius 3 is 2.55 bits per heavy atom. The lowest BCUT2D eigenvalue weighted by Gasteiger charge is -2.16. The lowest BCUT2D eigenvalue weighted by atomic mass is 10.1. The average molecular weight is 393 g/mol. The smallest absolute Gasteiger partial charge is 0.328 e. The summed E-state index contributed by atoms with van der Waals surface area (Å²) in [5.41, 5.74) is 0.197. The number of amides is 1. The van der Waals surface area contributed by atoms with Crippen molar-refractivity contribution in [2.24, 2.45) is 0 Å². The predicted octanol–water partition coefficient (Wildman–Crippen LogP) is 1.91. The highest BCUT2D eigenvalue weighted by molar-refractivity contribution is 9.11. The van der Waals surface area contributed by atoms with Crippen molar-refractivity contribution in [1.82, 2.24) is 10.3 Å². The van der Waals surface area contributed by atoms with Gasteiger partial charge in [0.1, 0.15) is 11.7 Å². The fourth-order valence-electron chi connectivity index (χ4n) is 1.58. The summed E-state index contributed by atoms with van der Waals surface area (Å²) < 4.78 is 10.3. The molecule has 0 aromatic carbocycles. The SMILES string of the molecule is CCOC(=O)CC[C@@H](NC(=O)c1csc(Br)n1)C(=O)OCC. The van der Waals surface area contributed by atoms with Crippen molar-refractivity contribution >= 4 is 45.1 Å². The number of nitrogens with zero attached hydrogens (tertiary/aromatic N) is 1. The van der Waals surface area contributed by atoms with Crippen LogP contribution in [-0.2, 0) is 19.1 Å². The zero-order chi connectivity index (χ0) is 16.5. The molecule has 1 aromatic heterocycles. The third-order valence-corrected chi connectivity index (χ3v) is 3.89. The van der Waals surface area contributed by atoms with Crippen molar-refractivity contribution in [3.63, 3.8) is 0 Å². The monoisotopic (exact) mass is 392 g/mol. The molecule has 122 valence electrons. The first-order valence-electron chi connectivity index (χ1n) is 6.72. The first-order chi connectivity index (χ1) is 10.5. The maximum atomic E-state index is 12.0. The number of thiazole rings is 1. The molecule has 0 radical (unpaired) electrons. The molecule has 0 aliphatic heterocycles. The van der Waals surface area contributed by atoms with Crippen molar-refractivity contribution in [2.75, 3.05) is 13.2 Å². The second kappa shape index (κ2) is 9.52. The molecule has 7 nitrogen and oxygen atoms in total. The fourth-order valence-corrected chi connectivity index (χ4v) is 2.57. The molecule has 1 atom stereocenters. The van der Waals surface area contributed by atoms with Gasteiger partial charge in [0.05, 0.1) is 13.2 Å². The van der Waals surface area contributed by atoms with Crippen molar-refractivity contribution < 1.29 is 23.9 Å². The van der Waals surface area contributed by atoms with Crippen LogP contribution >= 0.6 is 27.3 Å². The van der Waals surface area contributed by atoms with Gasteiger partial charge in [-0.15, -0.1) is 11.3 Å². The highest BCUT2D eigenvalue weighted by Gasteiger charge is 2.24. The third-order valence-electron chi connectivity index (χ3n) is 2.53. The van der Waals surface area contributed by atoms with Crippen LogP contribution in [-0.4, -0.2) is 42.1 Å².